The predicted octanol–water partition coefficient (Wildman–Crippen LogP) is 2.54. The van der Waals surface area contributed by atoms with E-state index in [0.29, 0.717) is 0 Å². The van der Waals surface area contributed by atoms with E-state index < -0.39 is 0 Å². The molecule has 0 saturated heterocycles. The van der Waals surface area contributed by atoms with Crippen LogP contribution in [0.5, 0.6) is 0 Å². The highest BCUT2D eigenvalue weighted by Crippen LogP contribution is 2.29. The molecule has 0 radical (unpaired) electrons. The minimum Gasteiger partial charge on any atom is -1.00 e. The summed E-state index contributed by atoms with van der Waals surface area (Å²) in [6.07, 6.45) is 12.2. The molecule has 2 rings (SSSR count). The highest BCUT2D eigenvalue weighted by Gasteiger charge is 2.13. The van der Waals surface area contributed by atoms with Gasteiger partial charge in [0, 0.05) is 6.07 Å². The Kier molecular flexibility index (Phi) is 16.1. The third-order valence-electron chi connectivity index (χ3n) is 3.41. The van der Waals surface area contributed by atoms with E-state index in [4.69, 9.17) is 0 Å². The topological polar surface area (TPSA) is 29.7 Å². The van der Waals surface area contributed by atoms with Crippen molar-refractivity contribution in [1.82, 2.24) is 8.75 Å². The minimum atomic E-state index is 0. The van der Waals surface area contributed by atoms with Crippen LogP contribution in [-0.2, 0) is 7.05 Å². The van der Waals surface area contributed by atoms with Crippen LogP contribution in [0.3, 0.4) is 0 Å². The standard InChI is InChI=1S/C16H24N3S2.CH3I.HI/c1-3-4-5-6-7-8-12-20-16-15(17-21-18-16)14-10-9-11-19(2)13-14;1-2;/h9-11,13H,3-8,12H2,1-2H3;1H3;1H/q+1;;/p-1. The Labute approximate surface area is 185 Å². The molecule has 3 nitrogen and oxygen atoms in total. The first-order valence-electron chi connectivity index (χ1n) is 8.10. The summed E-state index contributed by atoms with van der Waals surface area (Å²) in [6, 6.07) is 4.16. The van der Waals surface area contributed by atoms with E-state index >= 15 is 0 Å². The molecular formula is C17H27I2N3S2. The van der Waals surface area contributed by atoms with Crippen molar-refractivity contribution >= 4 is 46.1 Å². The van der Waals surface area contributed by atoms with Crippen molar-refractivity contribution in [3.05, 3.63) is 24.5 Å². The number of rotatable bonds is 9. The molecule has 7 heteroatoms. The first-order valence-corrected chi connectivity index (χ1v) is 12.0. The minimum absolute atomic E-state index is 0. The van der Waals surface area contributed by atoms with Gasteiger partial charge in [-0.05, 0) is 23.2 Å². The van der Waals surface area contributed by atoms with Crippen molar-refractivity contribution in [1.29, 1.82) is 0 Å². The van der Waals surface area contributed by atoms with E-state index in [1.54, 1.807) is 0 Å². The molecule has 0 aliphatic carbocycles. The van der Waals surface area contributed by atoms with E-state index in [-0.39, 0.29) is 24.0 Å². The predicted molar refractivity (Wildman–Crippen MR) is 111 cm³/mol. The number of aromatic nitrogens is 3. The monoisotopic (exact) mass is 591 g/mol. The molecule has 0 atom stereocenters. The summed E-state index contributed by atoms with van der Waals surface area (Å²) >= 11 is 5.31. The Morgan fingerprint density at radius 2 is 1.83 bits per heavy atom. The zero-order valence-corrected chi connectivity index (χ0v) is 20.6. The van der Waals surface area contributed by atoms with Gasteiger partial charge in [0.25, 0.3) is 0 Å². The van der Waals surface area contributed by atoms with E-state index in [9.17, 15) is 0 Å². The van der Waals surface area contributed by atoms with Gasteiger partial charge in [0.15, 0.2) is 12.4 Å². The number of alkyl halides is 1. The molecule has 0 N–H and O–H groups in total. The van der Waals surface area contributed by atoms with Crippen LogP contribution >= 0.6 is 46.1 Å². The van der Waals surface area contributed by atoms with Crippen molar-refractivity contribution in [2.45, 2.75) is 50.5 Å². The Bertz CT molecular complexity index is 550. The maximum Gasteiger partial charge on any atom is 0.178 e. The summed E-state index contributed by atoms with van der Waals surface area (Å²) in [4.78, 5) is 1.97. The van der Waals surface area contributed by atoms with Gasteiger partial charge in [-0.1, -0.05) is 61.6 Å². The molecule has 2 aromatic heterocycles. The van der Waals surface area contributed by atoms with Gasteiger partial charge in [-0.2, -0.15) is 8.75 Å². The van der Waals surface area contributed by atoms with Crippen LogP contribution in [0.15, 0.2) is 29.6 Å². The smallest absolute Gasteiger partial charge is 0.178 e. The van der Waals surface area contributed by atoms with Crippen LogP contribution < -0.4 is 28.5 Å². The Balaban J connectivity index is 0.00000170. The molecule has 2 heterocycles. The van der Waals surface area contributed by atoms with Crippen molar-refractivity contribution in [3.63, 3.8) is 0 Å². The van der Waals surface area contributed by atoms with Gasteiger partial charge in [-0.15, -0.1) is 11.8 Å². The van der Waals surface area contributed by atoms with Crippen LogP contribution in [-0.4, -0.2) is 19.4 Å². The maximum absolute atomic E-state index is 4.46. The summed E-state index contributed by atoms with van der Waals surface area (Å²) in [7, 11) is 2.03. The third kappa shape index (κ3) is 9.28. The summed E-state index contributed by atoms with van der Waals surface area (Å²) in [5.41, 5.74) is 2.19. The van der Waals surface area contributed by atoms with E-state index in [0.717, 1.165) is 22.0 Å². The van der Waals surface area contributed by atoms with Gasteiger partial charge >= 0.3 is 0 Å². The van der Waals surface area contributed by atoms with Gasteiger partial charge < -0.3 is 24.0 Å². The van der Waals surface area contributed by atoms with Gasteiger partial charge in [-0.3, -0.25) is 0 Å². The molecular weight excluding hydrogens is 564 g/mol. The first kappa shape index (κ1) is 24.5. The molecule has 24 heavy (non-hydrogen) atoms. The van der Waals surface area contributed by atoms with E-state index in [1.165, 1.54) is 50.3 Å². The fourth-order valence-corrected chi connectivity index (χ4v) is 3.92. The summed E-state index contributed by atoms with van der Waals surface area (Å²) in [5, 5.41) is 1.08. The Morgan fingerprint density at radius 3 is 2.54 bits per heavy atom. The highest BCUT2D eigenvalue weighted by atomic mass is 127. The summed E-state index contributed by atoms with van der Waals surface area (Å²) in [6.45, 7) is 2.26. The molecule has 0 aliphatic heterocycles. The van der Waals surface area contributed by atoms with Crippen LogP contribution in [0.1, 0.15) is 45.4 Å². The van der Waals surface area contributed by atoms with Gasteiger partial charge in [0.1, 0.15) is 17.8 Å². The van der Waals surface area contributed by atoms with Crippen LogP contribution in [0.4, 0.5) is 0 Å². The number of hydrogen-bond acceptors (Lipinski definition) is 4. The number of hydrogen-bond donors (Lipinski definition) is 0. The Morgan fingerprint density at radius 1 is 1.12 bits per heavy atom. The SMILES string of the molecule is CCCCCCCCSc1nsnc1-c1ccc[n+](C)c1.CI.[I-]. The van der Waals surface area contributed by atoms with Crippen molar-refractivity contribution < 1.29 is 28.5 Å². The quantitative estimate of drug-likeness (QED) is 0.148. The zero-order chi connectivity index (χ0) is 16.9. The lowest BCUT2D eigenvalue weighted by Gasteiger charge is -2.01. The highest BCUT2D eigenvalue weighted by molar-refractivity contribution is 14.1. The van der Waals surface area contributed by atoms with Crippen LogP contribution in [0.25, 0.3) is 11.3 Å². The molecule has 0 bridgehead atoms. The zero-order valence-electron chi connectivity index (χ0n) is 14.7. The normalized spacial score (nSPS) is 9.83. The molecule has 0 amide bonds. The number of pyridine rings is 1. The van der Waals surface area contributed by atoms with Crippen molar-refractivity contribution in [3.8, 4) is 11.3 Å². The van der Waals surface area contributed by atoms with Crippen molar-refractivity contribution in [2.24, 2.45) is 7.05 Å². The molecule has 0 aliphatic rings. The molecule has 0 fully saturated rings. The number of nitrogens with zero attached hydrogens (tertiary/aromatic N) is 3. The molecule has 0 aromatic carbocycles. The average molecular weight is 591 g/mol. The Hall–Kier alpha value is 0.520. The van der Waals surface area contributed by atoms with Crippen molar-refractivity contribution in [2.75, 3.05) is 10.7 Å². The largest absolute Gasteiger partial charge is 1.00 e. The third-order valence-corrected chi connectivity index (χ3v) is 5.10. The maximum atomic E-state index is 4.46. The van der Waals surface area contributed by atoms with Crippen LogP contribution in [0, 0.1) is 0 Å². The molecule has 0 saturated carbocycles. The number of aryl methyl sites for hydroxylation is 1. The van der Waals surface area contributed by atoms with Gasteiger partial charge in [0.2, 0.25) is 0 Å². The van der Waals surface area contributed by atoms with Crippen LogP contribution in [0.2, 0.25) is 0 Å². The molecule has 0 spiro atoms. The van der Waals surface area contributed by atoms with Gasteiger partial charge in [0.05, 0.1) is 17.3 Å². The summed E-state index contributed by atoms with van der Waals surface area (Å²) in [5.74, 6) is 1.14. The fraction of sp³-hybridized carbons (Fsp3) is 0.588. The number of thioether (sulfide) groups is 1. The van der Waals surface area contributed by atoms with E-state index in [1.807, 2.05) is 29.9 Å². The lowest BCUT2D eigenvalue weighted by atomic mass is 10.1. The summed E-state index contributed by atoms with van der Waals surface area (Å²) < 4.78 is 11.0. The lowest BCUT2D eigenvalue weighted by molar-refractivity contribution is -0.671. The second kappa shape index (κ2) is 15.7. The second-order valence-electron chi connectivity index (χ2n) is 5.29. The average Bonchev–Trinajstić information content (AvgIpc) is 3.04. The molecule has 2 aromatic rings. The lowest BCUT2D eigenvalue weighted by Crippen LogP contribution is -3.00. The molecule has 136 valence electrons. The number of halogens is 2. The van der Waals surface area contributed by atoms with Gasteiger partial charge in [-0.25, -0.2) is 4.57 Å². The van der Waals surface area contributed by atoms with E-state index in [2.05, 4.69) is 61.2 Å². The number of unbranched alkanes of at least 4 members (excludes halogenated alkanes) is 5. The fourth-order valence-electron chi connectivity index (χ4n) is 2.23. The molecule has 0 unspecified atom stereocenters. The second-order valence-corrected chi connectivity index (χ2v) is 6.90. The first-order chi connectivity index (χ1) is 11.3.